The fraction of sp³-hybridized carbons (Fsp3) is 0.500. The number of benzene rings is 1. The van der Waals surface area contributed by atoms with E-state index in [1.54, 1.807) is 4.68 Å². The van der Waals surface area contributed by atoms with Gasteiger partial charge in [-0.15, -0.1) is 5.10 Å². The lowest BCUT2D eigenvalue weighted by Gasteiger charge is -2.13. The molecule has 0 radical (unpaired) electrons. The summed E-state index contributed by atoms with van der Waals surface area (Å²) < 4.78 is 1.77. The van der Waals surface area contributed by atoms with Crippen LogP contribution in [-0.2, 0) is 0 Å². The third-order valence-electron chi connectivity index (χ3n) is 4.27. The number of para-hydroxylation sites is 1. The van der Waals surface area contributed by atoms with Crippen molar-refractivity contribution in [3.63, 3.8) is 0 Å². The zero-order valence-corrected chi connectivity index (χ0v) is 14.1. The predicted octanol–water partition coefficient (Wildman–Crippen LogP) is 2.28. The first-order valence-electron chi connectivity index (χ1n) is 8.55. The van der Waals surface area contributed by atoms with Gasteiger partial charge < -0.3 is 10.4 Å². The molecule has 0 aliphatic heterocycles. The smallest absolute Gasteiger partial charge is 0.290 e. The normalized spacial score (nSPS) is 15.5. The first-order chi connectivity index (χ1) is 11.6. The van der Waals surface area contributed by atoms with Crippen molar-refractivity contribution in [2.24, 2.45) is 5.92 Å². The molecule has 1 aliphatic rings. The van der Waals surface area contributed by atoms with Gasteiger partial charge in [0.2, 0.25) is 5.82 Å². The van der Waals surface area contributed by atoms with Crippen LogP contribution in [0.4, 0.5) is 0 Å². The third kappa shape index (κ3) is 3.82. The van der Waals surface area contributed by atoms with Crippen LogP contribution in [-0.4, -0.2) is 38.4 Å². The average Bonchev–Trinajstić information content (AvgIpc) is 3.33. The Balaban J connectivity index is 1.71. The van der Waals surface area contributed by atoms with E-state index < -0.39 is 6.10 Å². The fourth-order valence-electron chi connectivity index (χ4n) is 2.53. The topological polar surface area (TPSA) is 80.0 Å². The molecule has 1 aromatic carbocycles. The molecule has 0 spiro atoms. The van der Waals surface area contributed by atoms with E-state index in [-0.39, 0.29) is 17.6 Å². The standard InChI is InChI=1S/C18H24N4O2/c1-12(2)15(23)10-11-19-18(24)16-20-17(13-8-9-13)22(21-16)14-6-4-3-5-7-14/h3-7,12-13,15,23H,8-11H2,1-2H3,(H,19,24). The quantitative estimate of drug-likeness (QED) is 0.817. The largest absolute Gasteiger partial charge is 0.393 e. The molecular weight excluding hydrogens is 304 g/mol. The van der Waals surface area contributed by atoms with Crippen LogP contribution < -0.4 is 5.32 Å². The van der Waals surface area contributed by atoms with Gasteiger partial charge in [-0.3, -0.25) is 4.79 Å². The highest BCUT2D eigenvalue weighted by Crippen LogP contribution is 2.39. The first kappa shape index (κ1) is 16.6. The van der Waals surface area contributed by atoms with Gasteiger partial charge in [-0.05, 0) is 37.3 Å². The second-order valence-corrected chi connectivity index (χ2v) is 6.67. The molecule has 2 aromatic rings. The molecule has 1 amide bonds. The number of aromatic nitrogens is 3. The van der Waals surface area contributed by atoms with Crippen molar-refractivity contribution in [3.05, 3.63) is 42.0 Å². The number of carbonyl (C=O) groups excluding carboxylic acids is 1. The second kappa shape index (κ2) is 7.13. The second-order valence-electron chi connectivity index (χ2n) is 6.67. The monoisotopic (exact) mass is 328 g/mol. The molecule has 1 atom stereocenters. The molecule has 0 saturated heterocycles. The van der Waals surface area contributed by atoms with Gasteiger partial charge >= 0.3 is 0 Å². The number of carbonyl (C=O) groups is 1. The van der Waals surface area contributed by atoms with Crippen LogP contribution in [0.1, 0.15) is 55.5 Å². The van der Waals surface area contributed by atoms with E-state index >= 15 is 0 Å². The fourth-order valence-corrected chi connectivity index (χ4v) is 2.53. The van der Waals surface area contributed by atoms with Crippen molar-refractivity contribution in [1.82, 2.24) is 20.1 Å². The summed E-state index contributed by atoms with van der Waals surface area (Å²) in [6, 6.07) is 9.76. The Hall–Kier alpha value is -2.21. The highest BCUT2D eigenvalue weighted by molar-refractivity contribution is 5.90. The van der Waals surface area contributed by atoms with Crippen LogP contribution in [0.15, 0.2) is 30.3 Å². The Morgan fingerprint density at radius 3 is 2.67 bits per heavy atom. The molecule has 1 aromatic heterocycles. The molecule has 2 N–H and O–H groups in total. The first-order valence-corrected chi connectivity index (χ1v) is 8.55. The minimum Gasteiger partial charge on any atom is -0.393 e. The SMILES string of the molecule is CC(C)C(O)CCNC(=O)c1nc(C2CC2)n(-c2ccccc2)n1. The number of hydrogen-bond donors (Lipinski definition) is 2. The van der Waals surface area contributed by atoms with Gasteiger partial charge in [0.05, 0.1) is 11.8 Å². The number of nitrogens with zero attached hydrogens (tertiary/aromatic N) is 3. The van der Waals surface area contributed by atoms with Crippen LogP contribution in [0, 0.1) is 5.92 Å². The molecule has 1 aliphatic carbocycles. The van der Waals surface area contributed by atoms with Crippen molar-refractivity contribution in [1.29, 1.82) is 0 Å². The molecule has 128 valence electrons. The minimum atomic E-state index is -0.415. The summed E-state index contributed by atoms with van der Waals surface area (Å²) in [6.07, 6.45) is 2.29. The van der Waals surface area contributed by atoms with Crippen LogP contribution >= 0.6 is 0 Å². The van der Waals surface area contributed by atoms with Crippen LogP contribution in [0.2, 0.25) is 0 Å². The number of rotatable bonds is 7. The summed E-state index contributed by atoms with van der Waals surface area (Å²) in [5, 5.41) is 17.0. The minimum absolute atomic E-state index is 0.179. The predicted molar refractivity (Wildman–Crippen MR) is 91.1 cm³/mol. The van der Waals surface area contributed by atoms with E-state index in [1.165, 1.54) is 0 Å². The van der Waals surface area contributed by atoms with E-state index in [0.29, 0.717) is 18.9 Å². The Labute approximate surface area is 141 Å². The number of hydrogen-bond acceptors (Lipinski definition) is 4. The van der Waals surface area contributed by atoms with E-state index in [0.717, 1.165) is 24.4 Å². The average molecular weight is 328 g/mol. The van der Waals surface area contributed by atoms with Crippen molar-refractivity contribution in [2.45, 2.75) is 45.1 Å². The molecular formula is C18H24N4O2. The van der Waals surface area contributed by atoms with Crippen molar-refractivity contribution < 1.29 is 9.90 Å². The van der Waals surface area contributed by atoms with Gasteiger partial charge in [-0.25, -0.2) is 9.67 Å². The Morgan fingerprint density at radius 2 is 2.04 bits per heavy atom. The van der Waals surface area contributed by atoms with Crippen LogP contribution in [0.5, 0.6) is 0 Å². The maximum atomic E-state index is 12.3. The van der Waals surface area contributed by atoms with Crippen LogP contribution in [0.3, 0.4) is 0 Å². The third-order valence-corrected chi connectivity index (χ3v) is 4.27. The molecule has 24 heavy (non-hydrogen) atoms. The number of aliphatic hydroxyl groups excluding tert-OH is 1. The Kier molecular flexibility index (Phi) is 4.94. The zero-order chi connectivity index (χ0) is 17.1. The number of aliphatic hydroxyl groups is 1. The molecule has 0 bridgehead atoms. The maximum absolute atomic E-state index is 12.3. The maximum Gasteiger partial charge on any atom is 0.290 e. The van der Waals surface area contributed by atoms with Gasteiger partial charge in [0, 0.05) is 12.5 Å². The summed E-state index contributed by atoms with van der Waals surface area (Å²) in [7, 11) is 0. The van der Waals surface area contributed by atoms with E-state index in [4.69, 9.17) is 0 Å². The Morgan fingerprint density at radius 1 is 1.33 bits per heavy atom. The zero-order valence-electron chi connectivity index (χ0n) is 14.1. The highest BCUT2D eigenvalue weighted by Gasteiger charge is 2.31. The lowest BCUT2D eigenvalue weighted by molar-refractivity contribution is 0.0910. The van der Waals surface area contributed by atoms with E-state index in [9.17, 15) is 9.90 Å². The Bertz CT molecular complexity index is 692. The molecule has 1 saturated carbocycles. The highest BCUT2D eigenvalue weighted by atomic mass is 16.3. The number of amides is 1. The van der Waals surface area contributed by atoms with Crippen molar-refractivity contribution >= 4 is 5.91 Å². The summed E-state index contributed by atoms with van der Waals surface area (Å²) in [5.74, 6) is 1.33. The van der Waals surface area contributed by atoms with Gasteiger partial charge in [0.1, 0.15) is 5.82 Å². The molecule has 3 rings (SSSR count). The van der Waals surface area contributed by atoms with Gasteiger partial charge in [0.15, 0.2) is 0 Å². The van der Waals surface area contributed by atoms with E-state index in [2.05, 4.69) is 15.4 Å². The number of nitrogens with one attached hydrogen (secondary N) is 1. The van der Waals surface area contributed by atoms with E-state index in [1.807, 2.05) is 44.2 Å². The molecule has 6 nitrogen and oxygen atoms in total. The van der Waals surface area contributed by atoms with Gasteiger partial charge in [0.25, 0.3) is 5.91 Å². The lowest BCUT2D eigenvalue weighted by atomic mass is 10.0. The summed E-state index contributed by atoms with van der Waals surface area (Å²) in [5.41, 5.74) is 0.918. The molecule has 1 heterocycles. The summed E-state index contributed by atoms with van der Waals surface area (Å²) in [4.78, 5) is 16.8. The van der Waals surface area contributed by atoms with Gasteiger partial charge in [-0.2, -0.15) is 0 Å². The molecule has 1 fully saturated rings. The van der Waals surface area contributed by atoms with Crippen LogP contribution in [0.25, 0.3) is 5.69 Å². The van der Waals surface area contributed by atoms with Gasteiger partial charge in [-0.1, -0.05) is 32.0 Å². The molecule has 6 heteroatoms. The van der Waals surface area contributed by atoms with Crippen molar-refractivity contribution in [3.8, 4) is 5.69 Å². The lowest BCUT2D eigenvalue weighted by Crippen LogP contribution is -2.29. The summed E-state index contributed by atoms with van der Waals surface area (Å²) >= 11 is 0. The van der Waals surface area contributed by atoms with Crippen molar-refractivity contribution in [2.75, 3.05) is 6.54 Å². The summed E-state index contributed by atoms with van der Waals surface area (Å²) in [6.45, 7) is 4.33. The molecule has 1 unspecified atom stereocenters.